The maximum Gasteiger partial charge on any atom is 0.200 e. The minimum absolute atomic E-state index is 0.382. The molecule has 0 unspecified atom stereocenters. The second-order valence-corrected chi connectivity index (χ2v) is 4.02. The number of hydrogen-bond acceptors (Lipinski definition) is 5. The molecule has 1 saturated carbocycles. The zero-order valence-corrected chi connectivity index (χ0v) is 9.18. The van der Waals surface area contributed by atoms with E-state index in [0.717, 1.165) is 25.3 Å². The predicted molar refractivity (Wildman–Crippen MR) is 54.0 cm³/mol. The molecular weight excluding hydrogens is 194 g/mol. The Hall–Kier alpha value is -1.01. The molecule has 84 valence electrons. The molecule has 1 N–H and O–H groups in total. The van der Waals surface area contributed by atoms with Crippen molar-refractivity contribution in [1.29, 1.82) is 0 Å². The van der Waals surface area contributed by atoms with Gasteiger partial charge in [-0.1, -0.05) is 0 Å². The summed E-state index contributed by atoms with van der Waals surface area (Å²) in [5.41, 5.74) is 0. The highest BCUT2D eigenvalue weighted by atomic mass is 16.5. The Balaban J connectivity index is 1.64. The summed E-state index contributed by atoms with van der Waals surface area (Å²) in [4.78, 5) is 1.45. The standard InChI is InChI=1S/C9H17N5O/c1-10-5-7-3-8(4-7)15-6-9-11-13-14(2)12-9/h7-8,10H,3-6H2,1-2H3. The van der Waals surface area contributed by atoms with Gasteiger partial charge in [0.15, 0.2) is 5.82 Å². The fraction of sp³-hybridized carbons (Fsp3) is 0.889. The molecule has 0 aromatic carbocycles. The van der Waals surface area contributed by atoms with Crippen molar-refractivity contribution in [2.75, 3.05) is 13.6 Å². The first kappa shape index (κ1) is 10.5. The fourth-order valence-corrected chi connectivity index (χ4v) is 1.84. The van der Waals surface area contributed by atoms with Crippen molar-refractivity contribution in [3.8, 4) is 0 Å². The van der Waals surface area contributed by atoms with E-state index in [9.17, 15) is 0 Å². The van der Waals surface area contributed by atoms with Crippen molar-refractivity contribution in [1.82, 2.24) is 25.5 Å². The smallest absolute Gasteiger partial charge is 0.200 e. The first-order chi connectivity index (χ1) is 7.28. The fourth-order valence-electron chi connectivity index (χ4n) is 1.84. The number of aryl methyl sites for hydroxylation is 1. The van der Waals surface area contributed by atoms with Gasteiger partial charge in [-0.2, -0.15) is 4.80 Å². The zero-order valence-electron chi connectivity index (χ0n) is 9.18. The Labute approximate surface area is 89.0 Å². The van der Waals surface area contributed by atoms with Gasteiger partial charge in [-0.25, -0.2) is 0 Å². The molecule has 1 aromatic heterocycles. The van der Waals surface area contributed by atoms with Crippen LogP contribution in [0.3, 0.4) is 0 Å². The average molecular weight is 211 g/mol. The molecule has 0 aliphatic heterocycles. The van der Waals surface area contributed by atoms with Gasteiger partial charge in [-0.15, -0.1) is 10.2 Å². The second-order valence-electron chi connectivity index (χ2n) is 4.02. The summed E-state index contributed by atoms with van der Waals surface area (Å²) in [5.74, 6) is 1.43. The van der Waals surface area contributed by atoms with Gasteiger partial charge in [0.1, 0.15) is 6.61 Å². The van der Waals surface area contributed by atoms with Crippen LogP contribution in [-0.4, -0.2) is 39.9 Å². The summed E-state index contributed by atoms with van der Waals surface area (Å²) in [6.45, 7) is 1.56. The zero-order chi connectivity index (χ0) is 10.7. The molecule has 6 heteroatoms. The SMILES string of the molecule is CNCC1CC(OCc2nnn(C)n2)C1. The molecule has 0 saturated heterocycles. The molecule has 1 heterocycles. The lowest BCUT2D eigenvalue weighted by Crippen LogP contribution is -2.36. The van der Waals surface area contributed by atoms with Crippen LogP contribution in [0.5, 0.6) is 0 Å². The average Bonchev–Trinajstić information content (AvgIpc) is 2.55. The third-order valence-corrected chi connectivity index (χ3v) is 2.68. The van der Waals surface area contributed by atoms with Crippen molar-refractivity contribution in [3.05, 3.63) is 5.82 Å². The van der Waals surface area contributed by atoms with Gasteiger partial charge in [-0.3, -0.25) is 0 Å². The number of rotatable bonds is 5. The molecule has 15 heavy (non-hydrogen) atoms. The van der Waals surface area contributed by atoms with Gasteiger partial charge in [-0.05, 0) is 37.6 Å². The van der Waals surface area contributed by atoms with Gasteiger partial charge in [0.25, 0.3) is 0 Å². The van der Waals surface area contributed by atoms with Crippen LogP contribution in [0.1, 0.15) is 18.7 Å². The van der Waals surface area contributed by atoms with Crippen LogP contribution in [0.25, 0.3) is 0 Å². The quantitative estimate of drug-likeness (QED) is 0.726. The lowest BCUT2D eigenvalue weighted by molar-refractivity contribution is -0.0415. The first-order valence-electron chi connectivity index (χ1n) is 5.27. The lowest BCUT2D eigenvalue weighted by atomic mass is 9.82. The van der Waals surface area contributed by atoms with Gasteiger partial charge in [0.05, 0.1) is 13.2 Å². The normalized spacial score (nSPS) is 25.2. The molecule has 0 atom stereocenters. The van der Waals surface area contributed by atoms with Crippen molar-refractivity contribution in [2.45, 2.75) is 25.6 Å². The number of hydrogen-bond donors (Lipinski definition) is 1. The molecule has 1 fully saturated rings. The summed E-state index contributed by atoms with van der Waals surface area (Å²) in [6.07, 6.45) is 2.66. The number of aromatic nitrogens is 4. The third-order valence-electron chi connectivity index (χ3n) is 2.68. The van der Waals surface area contributed by atoms with Crippen LogP contribution < -0.4 is 5.32 Å². The predicted octanol–water partition coefficient (Wildman–Crippen LogP) is -0.275. The first-order valence-corrected chi connectivity index (χ1v) is 5.27. The van der Waals surface area contributed by atoms with Crippen LogP contribution in [0.2, 0.25) is 0 Å². The highest BCUT2D eigenvalue weighted by Gasteiger charge is 2.29. The Morgan fingerprint density at radius 3 is 2.93 bits per heavy atom. The Morgan fingerprint density at radius 1 is 1.53 bits per heavy atom. The Bertz CT molecular complexity index is 307. The monoisotopic (exact) mass is 211 g/mol. The summed E-state index contributed by atoms with van der Waals surface area (Å²) in [7, 11) is 3.74. The molecule has 6 nitrogen and oxygen atoms in total. The Morgan fingerprint density at radius 2 is 2.33 bits per heavy atom. The molecule has 1 aliphatic carbocycles. The molecule has 0 bridgehead atoms. The van der Waals surface area contributed by atoms with Gasteiger partial charge < -0.3 is 10.1 Å². The Kier molecular flexibility index (Phi) is 3.27. The maximum atomic E-state index is 5.65. The number of nitrogens with one attached hydrogen (secondary N) is 1. The van der Waals surface area contributed by atoms with E-state index < -0.39 is 0 Å². The molecule has 0 radical (unpaired) electrons. The molecular formula is C9H17N5O. The minimum Gasteiger partial charge on any atom is -0.370 e. The number of nitrogens with zero attached hydrogens (tertiary/aromatic N) is 4. The molecule has 1 aromatic rings. The molecule has 0 amide bonds. The van der Waals surface area contributed by atoms with Gasteiger partial charge in [0.2, 0.25) is 0 Å². The highest BCUT2D eigenvalue weighted by Crippen LogP contribution is 2.29. The van der Waals surface area contributed by atoms with E-state index in [4.69, 9.17) is 4.74 Å². The molecule has 0 spiro atoms. The van der Waals surface area contributed by atoms with Gasteiger partial charge >= 0.3 is 0 Å². The van der Waals surface area contributed by atoms with Crippen LogP contribution in [0.15, 0.2) is 0 Å². The van der Waals surface area contributed by atoms with Crippen molar-refractivity contribution in [2.24, 2.45) is 13.0 Å². The van der Waals surface area contributed by atoms with E-state index in [0.29, 0.717) is 18.5 Å². The van der Waals surface area contributed by atoms with Crippen LogP contribution in [0, 0.1) is 5.92 Å². The van der Waals surface area contributed by atoms with E-state index >= 15 is 0 Å². The molecule has 2 rings (SSSR count). The summed E-state index contributed by atoms with van der Waals surface area (Å²) in [5, 5.41) is 14.8. The maximum absolute atomic E-state index is 5.65. The number of ether oxygens (including phenoxy) is 1. The van der Waals surface area contributed by atoms with Crippen LogP contribution in [-0.2, 0) is 18.4 Å². The highest BCUT2D eigenvalue weighted by molar-refractivity contribution is 4.82. The summed E-state index contributed by atoms with van der Waals surface area (Å²) in [6, 6.07) is 0. The molecule has 1 aliphatic rings. The van der Waals surface area contributed by atoms with Gasteiger partial charge in [0, 0.05) is 0 Å². The van der Waals surface area contributed by atoms with E-state index in [1.54, 1.807) is 7.05 Å². The third kappa shape index (κ3) is 2.73. The topological polar surface area (TPSA) is 64.9 Å². The van der Waals surface area contributed by atoms with Crippen molar-refractivity contribution >= 4 is 0 Å². The lowest BCUT2D eigenvalue weighted by Gasteiger charge is -2.34. The van der Waals surface area contributed by atoms with E-state index in [1.807, 2.05) is 7.05 Å². The van der Waals surface area contributed by atoms with E-state index in [-0.39, 0.29) is 0 Å². The van der Waals surface area contributed by atoms with Crippen molar-refractivity contribution in [3.63, 3.8) is 0 Å². The number of tetrazole rings is 1. The van der Waals surface area contributed by atoms with Crippen molar-refractivity contribution < 1.29 is 4.74 Å². The van der Waals surface area contributed by atoms with E-state index in [1.165, 1.54) is 4.80 Å². The summed E-state index contributed by atoms with van der Waals surface area (Å²) >= 11 is 0. The van der Waals surface area contributed by atoms with Crippen LogP contribution >= 0.6 is 0 Å². The summed E-state index contributed by atoms with van der Waals surface area (Å²) < 4.78 is 5.65. The van der Waals surface area contributed by atoms with E-state index in [2.05, 4.69) is 20.7 Å². The minimum atomic E-state index is 0.382. The second kappa shape index (κ2) is 4.67. The van der Waals surface area contributed by atoms with Crippen LogP contribution in [0.4, 0.5) is 0 Å². The largest absolute Gasteiger partial charge is 0.370 e.